The molecule has 2 saturated heterocycles. The highest BCUT2D eigenvalue weighted by Gasteiger charge is 2.29. The van der Waals surface area contributed by atoms with E-state index >= 15 is 0 Å². The van der Waals surface area contributed by atoms with Crippen LogP contribution >= 0.6 is 0 Å². The van der Waals surface area contributed by atoms with Crippen molar-refractivity contribution in [2.75, 3.05) is 51.3 Å². The second kappa shape index (κ2) is 10.3. The SMILES string of the molecule is COCC1CCCN(C2CCN(c3ccc(C(=O)N4CCc5ccccc5C4)cc3)CC2)C1. The number of amides is 1. The number of piperidine rings is 2. The molecule has 3 heterocycles. The predicted octanol–water partition coefficient (Wildman–Crippen LogP) is 4.21. The Hall–Kier alpha value is -2.37. The molecule has 5 heteroatoms. The van der Waals surface area contributed by atoms with Crippen LogP contribution in [-0.4, -0.2) is 68.2 Å². The number of fused-ring (bicyclic) bond motifs is 1. The van der Waals surface area contributed by atoms with Gasteiger partial charge in [0.15, 0.2) is 0 Å². The molecule has 2 fully saturated rings. The van der Waals surface area contributed by atoms with Gasteiger partial charge < -0.3 is 14.5 Å². The Labute approximate surface area is 198 Å². The number of benzene rings is 2. The van der Waals surface area contributed by atoms with Gasteiger partial charge in [-0.1, -0.05) is 24.3 Å². The second-order valence-electron chi connectivity index (χ2n) is 9.97. The Morgan fingerprint density at radius 3 is 2.45 bits per heavy atom. The van der Waals surface area contributed by atoms with Crippen LogP contribution in [0.2, 0.25) is 0 Å². The number of methoxy groups -OCH3 is 1. The minimum atomic E-state index is 0.144. The van der Waals surface area contributed by atoms with E-state index in [0.29, 0.717) is 18.5 Å². The topological polar surface area (TPSA) is 36.0 Å². The molecule has 0 spiro atoms. The summed E-state index contributed by atoms with van der Waals surface area (Å²) in [5, 5.41) is 0. The van der Waals surface area contributed by atoms with Crippen LogP contribution in [0.1, 0.15) is 47.2 Å². The molecule has 176 valence electrons. The Bertz CT molecular complexity index is 934. The highest BCUT2D eigenvalue weighted by atomic mass is 16.5. The standard InChI is InChI=1S/C28H37N3O2/c1-33-21-22-5-4-15-30(19-22)27-13-17-29(18-14-27)26-10-8-24(9-11-26)28(32)31-16-12-23-6-2-3-7-25(23)20-31/h2-3,6-11,22,27H,4-5,12-21H2,1H3. The monoisotopic (exact) mass is 447 g/mol. The van der Waals surface area contributed by atoms with E-state index in [1.165, 1.54) is 55.6 Å². The largest absolute Gasteiger partial charge is 0.384 e. The molecule has 1 unspecified atom stereocenters. The molecule has 5 nitrogen and oxygen atoms in total. The van der Waals surface area contributed by atoms with Gasteiger partial charge in [0, 0.05) is 57.1 Å². The van der Waals surface area contributed by atoms with Gasteiger partial charge in [-0.15, -0.1) is 0 Å². The smallest absolute Gasteiger partial charge is 0.254 e. The van der Waals surface area contributed by atoms with Crippen LogP contribution in [0.4, 0.5) is 5.69 Å². The number of anilines is 1. The molecule has 33 heavy (non-hydrogen) atoms. The quantitative estimate of drug-likeness (QED) is 0.688. The minimum Gasteiger partial charge on any atom is -0.384 e. The number of rotatable bonds is 5. The fourth-order valence-electron chi connectivity index (χ4n) is 5.96. The molecule has 0 saturated carbocycles. The third-order valence-electron chi connectivity index (χ3n) is 7.83. The van der Waals surface area contributed by atoms with Crippen molar-refractivity contribution in [1.82, 2.24) is 9.80 Å². The third kappa shape index (κ3) is 5.10. The third-order valence-corrected chi connectivity index (χ3v) is 7.83. The fraction of sp³-hybridized carbons (Fsp3) is 0.536. The van der Waals surface area contributed by atoms with Crippen molar-refractivity contribution in [3.05, 3.63) is 65.2 Å². The van der Waals surface area contributed by atoms with Crippen LogP contribution in [0.25, 0.3) is 0 Å². The normalized spacial score (nSPS) is 22.3. The van der Waals surface area contributed by atoms with Crippen molar-refractivity contribution in [3.63, 3.8) is 0 Å². The maximum Gasteiger partial charge on any atom is 0.254 e. The maximum absolute atomic E-state index is 13.1. The Kier molecular flexibility index (Phi) is 6.98. The molecule has 0 aromatic heterocycles. The summed E-state index contributed by atoms with van der Waals surface area (Å²) in [6.07, 6.45) is 5.98. The lowest BCUT2D eigenvalue weighted by Gasteiger charge is -2.42. The highest BCUT2D eigenvalue weighted by Crippen LogP contribution is 2.27. The van der Waals surface area contributed by atoms with E-state index in [9.17, 15) is 4.79 Å². The van der Waals surface area contributed by atoms with E-state index in [1.54, 1.807) is 0 Å². The molecule has 3 aliphatic heterocycles. The second-order valence-corrected chi connectivity index (χ2v) is 9.97. The lowest BCUT2D eigenvalue weighted by Crippen LogP contribution is -2.49. The number of nitrogens with zero attached hydrogens (tertiary/aromatic N) is 3. The van der Waals surface area contributed by atoms with Gasteiger partial charge in [-0.3, -0.25) is 9.69 Å². The fourth-order valence-corrected chi connectivity index (χ4v) is 5.96. The summed E-state index contributed by atoms with van der Waals surface area (Å²) < 4.78 is 5.41. The van der Waals surface area contributed by atoms with Crippen LogP contribution in [0.5, 0.6) is 0 Å². The zero-order valence-electron chi connectivity index (χ0n) is 19.9. The maximum atomic E-state index is 13.1. The van der Waals surface area contributed by atoms with Crippen molar-refractivity contribution < 1.29 is 9.53 Å². The van der Waals surface area contributed by atoms with Crippen LogP contribution in [0.15, 0.2) is 48.5 Å². The lowest BCUT2D eigenvalue weighted by molar-refractivity contribution is 0.0610. The average molecular weight is 448 g/mol. The average Bonchev–Trinajstić information content (AvgIpc) is 2.88. The first-order valence-electron chi connectivity index (χ1n) is 12.7. The van der Waals surface area contributed by atoms with Gasteiger partial charge in [-0.25, -0.2) is 0 Å². The minimum absolute atomic E-state index is 0.144. The summed E-state index contributed by atoms with van der Waals surface area (Å²) in [5.41, 5.74) is 4.69. The number of hydrogen-bond acceptors (Lipinski definition) is 4. The molecule has 2 aromatic rings. The Balaban J connectivity index is 1.15. The van der Waals surface area contributed by atoms with Gasteiger partial charge in [0.25, 0.3) is 5.91 Å². The number of carbonyl (C=O) groups excluding carboxylic acids is 1. The summed E-state index contributed by atoms with van der Waals surface area (Å²) in [6, 6.07) is 17.5. The molecule has 0 bridgehead atoms. The van der Waals surface area contributed by atoms with Crippen molar-refractivity contribution in [2.45, 2.75) is 44.7 Å². The summed E-state index contributed by atoms with van der Waals surface area (Å²) >= 11 is 0. The zero-order valence-corrected chi connectivity index (χ0v) is 19.9. The number of hydrogen-bond donors (Lipinski definition) is 0. The van der Waals surface area contributed by atoms with Crippen molar-refractivity contribution in [2.24, 2.45) is 5.92 Å². The van der Waals surface area contributed by atoms with Crippen LogP contribution in [0.3, 0.4) is 0 Å². The van der Waals surface area contributed by atoms with Gasteiger partial charge >= 0.3 is 0 Å². The molecular weight excluding hydrogens is 410 g/mol. The van der Waals surface area contributed by atoms with Crippen molar-refractivity contribution in [3.8, 4) is 0 Å². The van der Waals surface area contributed by atoms with Gasteiger partial charge in [0.1, 0.15) is 0 Å². The van der Waals surface area contributed by atoms with Crippen LogP contribution in [0, 0.1) is 5.92 Å². The molecule has 1 amide bonds. The van der Waals surface area contributed by atoms with Crippen LogP contribution in [-0.2, 0) is 17.7 Å². The van der Waals surface area contributed by atoms with E-state index < -0.39 is 0 Å². The number of carbonyl (C=O) groups is 1. The first-order chi connectivity index (χ1) is 16.2. The van der Waals surface area contributed by atoms with Gasteiger partial charge in [0.2, 0.25) is 0 Å². The summed E-state index contributed by atoms with van der Waals surface area (Å²) in [6.45, 7) is 7.01. The van der Waals surface area contributed by atoms with Crippen LogP contribution < -0.4 is 4.90 Å². The number of ether oxygens (including phenoxy) is 1. The van der Waals surface area contributed by atoms with Gasteiger partial charge in [0.05, 0.1) is 6.61 Å². The molecule has 5 rings (SSSR count). The molecule has 0 radical (unpaired) electrons. The first-order valence-corrected chi connectivity index (χ1v) is 12.7. The molecular formula is C28H37N3O2. The van der Waals surface area contributed by atoms with Crippen molar-refractivity contribution >= 4 is 11.6 Å². The molecule has 3 aliphatic rings. The Morgan fingerprint density at radius 2 is 1.70 bits per heavy atom. The predicted molar refractivity (Wildman–Crippen MR) is 133 cm³/mol. The highest BCUT2D eigenvalue weighted by molar-refractivity contribution is 5.94. The molecule has 2 aromatic carbocycles. The van der Waals surface area contributed by atoms with Gasteiger partial charge in [-0.05, 0) is 80.0 Å². The van der Waals surface area contributed by atoms with E-state index in [4.69, 9.17) is 4.74 Å². The molecule has 0 aliphatic carbocycles. The summed E-state index contributed by atoms with van der Waals surface area (Å²) in [5.74, 6) is 0.839. The lowest BCUT2D eigenvalue weighted by atomic mass is 9.94. The molecule has 1 atom stereocenters. The van der Waals surface area contributed by atoms with Gasteiger partial charge in [-0.2, -0.15) is 0 Å². The van der Waals surface area contributed by atoms with E-state index in [1.807, 2.05) is 24.1 Å². The Morgan fingerprint density at radius 1 is 0.939 bits per heavy atom. The van der Waals surface area contributed by atoms with Crippen molar-refractivity contribution in [1.29, 1.82) is 0 Å². The zero-order chi connectivity index (χ0) is 22.6. The van der Waals surface area contributed by atoms with E-state index in [2.05, 4.69) is 46.2 Å². The number of likely N-dealkylation sites (tertiary alicyclic amines) is 1. The first kappa shape index (κ1) is 22.4. The molecule has 0 N–H and O–H groups in total. The van der Waals surface area contributed by atoms with E-state index in [0.717, 1.165) is 38.2 Å². The summed E-state index contributed by atoms with van der Waals surface area (Å²) in [7, 11) is 1.82. The summed E-state index contributed by atoms with van der Waals surface area (Å²) in [4.78, 5) is 20.3. The van der Waals surface area contributed by atoms with E-state index in [-0.39, 0.29) is 5.91 Å².